The van der Waals surface area contributed by atoms with Gasteiger partial charge in [-0.25, -0.2) is 13.1 Å². The second-order valence-corrected chi connectivity index (χ2v) is 6.40. The van der Waals surface area contributed by atoms with Crippen LogP contribution in [0.2, 0.25) is 0 Å². The predicted molar refractivity (Wildman–Crippen MR) is 65.5 cm³/mol. The summed E-state index contributed by atoms with van der Waals surface area (Å²) in [5.74, 6) is 0. The Kier molecular flexibility index (Phi) is 4.43. The fourth-order valence-corrected chi connectivity index (χ4v) is 3.43. The molecule has 9 heteroatoms. The molecule has 0 fully saturated rings. The average Bonchev–Trinajstić information content (AvgIpc) is 2.61. The molecule has 0 saturated heterocycles. The number of rotatable bonds is 6. The molecule has 0 radical (unpaired) electrons. The van der Waals surface area contributed by atoms with Crippen molar-refractivity contribution in [1.82, 2.24) is 4.72 Å². The summed E-state index contributed by atoms with van der Waals surface area (Å²) in [6.07, 6.45) is 1.57. The highest BCUT2D eigenvalue weighted by atomic mass is 32.2. The Morgan fingerprint density at radius 2 is 2.24 bits per heavy atom. The van der Waals surface area contributed by atoms with Crippen molar-refractivity contribution in [3.8, 4) is 0 Å². The van der Waals surface area contributed by atoms with Crippen LogP contribution >= 0.6 is 11.3 Å². The molecule has 0 amide bonds. The Morgan fingerprint density at radius 3 is 2.71 bits per heavy atom. The van der Waals surface area contributed by atoms with E-state index in [2.05, 4.69) is 4.72 Å². The molecule has 0 aliphatic rings. The zero-order chi connectivity index (χ0) is 13.1. The summed E-state index contributed by atoms with van der Waals surface area (Å²) in [6, 6.07) is 0.980. The van der Waals surface area contributed by atoms with Crippen LogP contribution in [0.4, 0.5) is 10.7 Å². The molecule has 0 aliphatic carbocycles. The summed E-state index contributed by atoms with van der Waals surface area (Å²) in [5.41, 5.74) is 5.01. The fourth-order valence-electron chi connectivity index (χ4n) is 1.10. The van der Waals surface area contributed by atoms with Gasteiger partial charge in [0, 0.05) is 12.6 Å². The lowest BCUT2D eigenvalue weighted by Gasteiger charge is -2.02. The van der Waals surface area contributed by atoms with E-state index in [1.807, 2.05) is 6.92 Å². The van der Waals surface area contributed by atoms with Gasteiger partial charge in [0.2, 0.25) is 10.0 Å². The monoisotopic (exact) mass is 279 g/mol. The molecule has 7 nitrogen and oxygen atoms in total. The molecule has 0 spiro atoms. The first-order valence-electron chi connectivity index (χ1n) is 4.92. The standard InChI is InChI=1S/C8H13N3O4S2/c1-2-3-4-10-17(14,15)7-5-6(11(12)13)8(9)16-7/h5,10H,2-4,9H2,1H3. The van der Waals surface area contributed by atoms with E-state index in [9.17, 15) is 18.5 Å². The molecule has 0 saturated carbocycles. The molecule has 96 valence electrons. The number of hydrogen-bond acceptors (Lipinski definition) is 6. The highest BCUT2D eigenvalue weighted by molar-refractivity contribution is 7.91. The largest absolute Gasteiger partial charge is 0.385 e. The summed E-state index contributed by atoms with van der Waals surface area (Å²) in [4.78, 5) is 9.84. The van der Waals surface area contributed by atoms with E-state index < -0.39 is 14.9 Å². The lowest BCUT2D eigenvalue weighted by atomic mass is 10.3. The number of nitrogens with one attached hydrogen (secondary N) is 1. The van der Waals surface area contributed by atoms with Crippen molar-refractivity contribution in [3.63, 3.8) is 0 Å². The van der Waals surface area contributed by atoms with Crippen molar-refractivity contribution >= 4 is 32.0 Å². The molecule has 3 N–H and O–H groups in total. The van der Waals surface area contributed by atoms with Crippen LogP contribution in [0.15, 0.2) is 10.3 Å². The van der Waals surface area contributed by atoms with Gasteiger partial charge >= 0.3 is 5.69 Å². The topological polar surface area (TPSA) is 115 Å². The summed E-state index contributed by atoms with van der Waals surface area (Å²) in [7, 11) is -3.68. The van der Waals surface area contributed by atoms with Crippen LogP contribution in [0.25, 0.3) is 0 Å². The van der Waals surface area contributed by atoms with Gasteiger partial charge in [-0.1, -0.05) is 24.7 Å². The summed E-state index contributed by atoms with van der Waals surface area (Å²) >= 11 is 0.693. The minimum Gasteiger partial charge on any atom is -0.385 e. The second kappa shape index (κ2) is 5.43. The van der Waals surface area contributed by atoms with Crippen molar-refractivity contribution < 1.29 is 13.3 Å². The van der Waals surface area contributed by atoms with E-state index >= 15 is 0 Å². The number of sulfonamides is 1. The van der Waals surface area contributed by atoms with Crippen LogP contribution in [0, 0.1) is 10.1 Å². The van der Waals surface area contributed by atoms with Crippen molar-refractivity contribution in [1.29, 1.82) is 0 Å². The van der Waals surface area contributed by atoms with Crippen LogP contribution in [0.5, 0.6) is 0 Å². The number of thiophene rings is 1. The lowest BCUT2D eigenvalue weighted by molar-refractivity contribution is -0.383. The van der Waals surface area contributed by atoms with Gasteiger partial charge in [0.1, 0.15) is 4.21 Å². The van der Waals surface area contributed by atoms with Crippen molar-refractivity contribution in [3.05, 3.63) is 16.2 Å². The average molecular weight is 279 g/mol. The van der Waals surface area contributed by atoms with Crippen LogP contribution < -0.4 is 10.5 Å². The van der Waals surface area contributed by atoms with Gasteiger partial charge in [-0.05, 0) is 6.42 Å². The Morgan fingerprint density at radius 1 is 1.59 bits per heavy atom. The number of anilines is 1. The third kappa shape index (κ3) is 3.38. The van der Waals surface area contributed by atoms with Gasteiger partial charge in [0.25, 0.3) is 0 Å². The van der Waals surface area contributed by atoms with E-state index in [1.54, 1.807) is 0 Å². The Labute approximate surface area is 103 Å². The molecule has 1 aromatic rings. The van der Waals surface area contributed by atoms with Gasteiger partial charge in [0.15, 0.2) is 5.00 Å². The molecular weight excluding hydrogens is 266 g/mol. The minimum absolute atomic E-state index is 0.106. The maximum atomic E-state index is 11.7. The van der Waals surface area contributed by atoms with Gasteiger partial charge in [-0.2, -0.15) is 0 Å². The molecule has 0 bridgehead atoms. The Balaban J connectivity index is 2.92. The molecular formula is C8H13N3O4S2. The van der Waals surface area contributed by atoms with E-state index in [1.165, 1.54) is 0 Å². The molecule has 1 rings (SSSR count). The highest BCUT2D eigenvalue weighted by Gasteiger charge is 2.24. The molecule has 0 aromatic carbocycles. The Bertz CT molecular complexity index is 509. The second-order valence-electron chi connectivity index (χ2n) is 3.32. The zero-order valence-electron chi connectivity index (χ0n) is 9.17. The number of nitrogen functional groups attached to an aromatic ring is 1. The maximum Gasteiger partial charge on any atom is 0.304 e. The molecule has 0 atom stereocenters. The first-order valence-corrected chi connectivity index (χ1v) is 7.21. The van der Waals surface area contributed by atoms with Crippen molar-refractivity contribution in [2.24, 2.45) is 0 Å². The van der Waals surface area contributed by atoms with Crippen molar-refractivity contribution in [2.75, 3.05) is 12.3 Å². The van der Waals surface area contributed by atoms with Gasteiger partial charge in [0.05, 0.1) is 4.92 Å². The highest BCUT2D eigenvalue weighted by Crippen LogP contribution is 2.34. The fraction of sp³-hybridized carbons (Fsp3) is 0.500. The smallest absolute Gasteiger partial charge is 0.304 e. The number of nitro groups is 1. The maximum absolute atomic E-state index is 11.7. The van der Waals surface area contributed by atoms with Gasteiger partial charge < -0.3 is 5.73 Å². The van der Waals surface area contributed by atoms with E-state index in [0.29, 0.717) is 24.3 Å². The number of nitrogens with two attached hydrogens (primary N) is 1. The summed E-state index contributed by atoms with van der Waals surface area (Å²) < 4.78 is 25.7. The third-order valence-corrected chi connectivity index (χ3v) is 4.89. The Hall–Kier alpha value is -1.19. The van der Waals surface area contributed by atoms with Crippen LogP contribution in [0.3, 0.4) is 0 Å². The lowest BCUT2D eigenvalue weighted by Crippen LogP contribution is -2.23. The summed E-state index contributed by atoms with van der Waals surface area (Å²) in [5, 5.41) is 10.4. The van der Waals surface area contributed by atoms with Gasteiger partial charge in [-0.3, -0.25) is 10.1 Å². The zero-order valence-corrected chi connectivity index (χ0v) is 10.8. The van der Waals surface area contributed by atoms with E-state index in [4.69, 9.17) is 5.73 Å². The van der Waals surface area contributed by atoms with Crippen LogP contribution in [-0.2, 0) is 10.0 Å². The molecule has 0 unspecified atom stereocenters. The number of nitrogens with zero attached hydrogens (tertiary/aromatic N) is 1. The number of hydrogen-bond donors (Lipinski definition) is 2. The molecule has 1 heterocycles. The predicted octanol–water partition coefficient (Wildman–Crippen LogP) is 1.32. The molecule has 0 aliphatic heterocycles. The molecule has 1 aromatic heterocycles. The first-order chi connectivity index (χ1) is 7.88. The van der Waals surface area contributed by atoms with E-state index in [-0.39, 0.29) is 14.9 Å². The van der Waals surface area contributed by atoms with Crippen molar-refractivity contribution in [2.45, 2.75) is 24.0 Å². The third-order valence-electron chi connectivity index (χ3n) is 2.00. The normalized spacial score (nSPS) is 11.6. The van der Waals surface area contributed by atoms with E-state index in [0.717, 1.165) is 12.5 Å². The molecule has 17 heavy (non-hydrogen) atoms. The van der Waals surface area contributed by atoms with Gasteiger partial charge in [-0.15, -0.1) is 0 Å². The number of unbranched alkanes of at least 4 members (excludes halogenated alkanes) is 1. The summed E-state index contributed by atoms with van der Waals surface area (Å²) in [6.45, 7) is 2.24. The minimum atomic E-state index is -3.68. The van der Waals surface area contributed by atoms with Crippen LogP contribution in [0.1, 0.15) is 19.8 Å². The van der Waals surface area contributed by atoms with Crippen LogP contribution in [-0.4, -0.2) is 19.9 Å². The quantitative estimate of drug-likeness (QED) is 0.463. The first kappa shape index (κ1) is 13.9. The SMILES string of the molecule is CCCCNS(=O)(=O)c1cc([N+](=O)[O-])c(N)s1.